The molecule has 152 valence electrons. The molecule has 0 bridgehead atoms. The van der Waals surface area contributed by atoms with E-state index < -0.39 is 0 Å². The van der Waals surface area contributed by atoms with Gasteiger partial charge < -0.3 is 16.0 Å². The van der Waals surface area contributed by atoms with Crippen LogP contribution in [-0.2, 0) is 4.79 Å². The molecule has 0 spiro atoms. The molecule has 6 nitrogen and oxygen atoms in total. The zero-order valence-electron chi connectivity index (χ0n) is 16.7. The Morgan fingerprint density at radius 3 is 2.85 bits per heavy atom. The molecule has 1 aliphatic heterocycles. The Kier molecular flexibility index (Phi) is 10.6. The van der Waals surface area contributed by atoms with Crippen LogP contribution in [0.2, 0.25) is 0 Å². The molecule has 0 saturated carbocycles. The van der Waals surface area contributed by atoms with Gasteiger partial charge in [0, 0.05) is 50.9 Å². The second-order valence-electron chi connectivity index (χ2n) is 7.46. The van der Waals surface area contributed by atoms with Gasteiger partial charge in [0.25, 0.3) is 0 Å². The van der Waals surface area contributed by atoms with Crippen molar-refractivity contribution in [2.45, 2.75) is 46.0 Å². The van der Waals surface area contributed by atoms with E-state index in [0.29, 0.717) is 24.2 Å². The monoisotopic (exact) mass is 487 g/mol. The summed E-state index contributed by atoms with van der Waals surface area (Å²) >= 11 is 0. The Morgan fingerprint density at radius 2 is 2.26 bits per heavy atom. The van der Waals surface area contributed by atoms with Crippen molar-refractivity contribution in [3.05, 3.63) is 30.1 Å². The number of likely N-dealkylation sites (tertiary alicyclic amines) is 1. The van der Waals surface area contributed by atoms with Gasteiger partial charge in [-0.3, -0.25) is 14.8 Å². The number of piperidine rings is 1. The number of nitrogens with one attached hydrogen (secondary N) is 1. The first kappa shape index (κ1) is 23.7. The van der Waals surface area contributed by atoms with Crippen molar-refractivity contribution < 1.29 is 4.79 Å². The highest BCUT2D eigenvalue weighted by Crippen LogP contribution is 2.24. The number of carbonyl (C=O) groups excluding carboxylic acids is 1. The van der Waals surface area contributed by atoms with E-state index in [2.05, 4.69) is 42.0 Å². The predicted molar refractivity (Wildman–Crippen MR) is 121 cm³/mol. The van der Waals surface area contributed by atoms with Gasteiger partial charge in [-0.25, -0.2) is 0 Å². The van der Waals surface area contributed by atoms with Gasteiger partial charge in [-0.1, -0.05) is 19.9 Å². The predicted octanol–water partition coefficient (Wildman–Crippen LogP) is 2.99. The fourth-order valence-corrected chi connectivity index (χ4v) is 3.62. The van der Waals surface area contributed by atoms with Crippen molar-refractivity contribution in [2.75, 3.05) is 26.2 Å². The Labute approximate surface area is 180 Å². The molecule has 27 heavy (non-hydrogen) atoms. The molecular formula is C20H34IN5O. The second-order valence-corrected chi connectivity index (χ2v) is 7.46. The highest BCUT2D eigenvalue weighted by molar-refractivity contribution is 14.0. The van der Waals surface area contributed by atoms with E-state index in [1.807, 2.05) is 12.3 Å². The first-order valence-corrected chi connectivity index (χ1v) is 9.72. The minimum Gasteiger partial charge on any atom is -0.370 e. The van der Waals surface area contributed by atoms with Gasteiger partial charge in [0.05, 0.1) is 0 Å². The van der Waals surface area contributed by atoms with Crippen LogP contribution in [-0.4, -0.2) is 47.9 Å². The van der Waals surface area contributed by atoms with E-state index >= 15 is 0 Å². The third kappa shape index (κ3) is 7.63. The summed E-state index contributed by atoms with van der Waals surface area (Å²) in [5.41, 5.74) is 6.62. The van der Waals surface area contributed by atoms with Crippen LogP contribution < -0.4 is 11.1 Å². The topological polar surface area (TPSA) is 83.6 Å². The number of pyridine rings is 1. The van der Waals surface area contributed by atoms with Gasteiger partial charge in [0.2, 0.25) is 5.91 Å². The molecule has 7 heteroatoms. The molecule has 1 saturated heterocycles. The summed E-state index contributed by atoms with van der Waals surface area (Å²) in [7, 11) is 0. The number of rotatable bonds is 7. The van der Waals surface area contributed by atoms with E-state index in [4.69, 9.17) is 10.7 Å². The smallest absolute Gasteiger partial charge is 0.217 e. The Balaban J connectivity index is 0.00000364. The van der Waals surface area contributed by atoms with Gasteiger partial charge in [-0.05, 0) is 43.2 Å². The van der Waals surface area contributed by atoms with Crippen LogP contribution in [0.1, 0.15) is 51.5 Å². The highest BCUT2D eigenvalue weighted by atomic mass is 127. The van der Waals surface area contributed by atoms with Crippen molar-refractivity contribution in [1.82, 2.24) is 15.2 Å². The van der Waals surface area contributed by atoms with Crippen LogP contribution in [0, 0.1) is 11.8 Å². The average Bonchev–Trinajstić information content (AvgIpc) is 2.61. The zero-order chi connectivity index (χ0) is 18.9. The van der Waals surface area contributed by atoms with Gasteiger partial charge in [-0.2, -0.15) is 0 Å². The molecule has 2 heterocycles. The summed E-state index contributed by atoms with van der Waals surface area (Å²) in [6.07, 6.45) is 6.33. The molecule has 0 radical (unpaired) electrons. The van der Waals surface area contributed by atoms with E-state index in [1.54, 1.807) is 6.20 Å². The molecule has 2 atom stereocenters. The average molecular weight is 487 g/mol. The van der Waals surface area contributed by atoms with Crippen LogP contribution >= 0.6 is 24.0 Å². The van der Waals surface area contributed by atoms with Crippen LogP contribution in [0.25, 0.3) is 0 Å². The third-order valence-electron chi connectivity index (χ3n) is 5.00. The largest absolute Gasteiger partial charge is 0.370 e. The summed E-state index contributed by atoms with van der Waals surface area (Å²) in [6.45, 7) is 9.90. The molecule has 3 N–H and O–H groups in total. The van der Waals surface area contributed by atoms with Crippen LogP contribution in [0.5, 0.6) is 0 Å². The number of primary amides is 1. The minimum atomic E-state index is -0.213. The van der Waals surface area contributed by atoms with E-state index in [1.165, 1.54) is 5.56 Å². The standard InChI is InChI=1S/C20H33N5O.HI/c1-4-23-20(25-10-6-7-16(14-25)11-19(21)26)24-13-18(15(2)3)17-8-5-9-22-12-17;/h5,8-9,12,15-16,18H,4,6-7,10-11,13-14H2,1-3H3,(H2,21,26)(H,23,24);1H. The summed E-state index contributed by atoms with van der Waals surface area (Å²) in [5, 5.41) is 3.42. The van der Waals surface area contributed by atoms with Crippen molar-refractivity contribution >= 4 is 35.8 Å². The Morgan fingerprint density at radius 1 is 1.48 bits per heavy atom. The molecule has 0 aromatic carbocycles. The Bertz CT molecular complexity index is 593. The van der Waals surface area contributed by atoms with E-state index in [9.17, 15) is 4.79 Å². The summed E-state index contributed by atoms with van der Waals surface area (Å²) in [6, 6.07) is 4.11. The highest BCUT2D eigenvalue weighted by Gasteiger charge is 2.24. The molecule has 1 aliphatic rings. The van der Waals surface area contributed by atoms with Crippen molar-refractivity contribution in [3.63, 3.8) is 0 Å². The Hall–Kier alpha value is -1.38. The summed E-state index contributed by atoms with van der Waals surface area (Å²) in [5.74, 6) is 1.87. The second kappa shape index (κ2) is 12.2. The molecular weight excluding hydrogens is 453 g/mol. The fourth-order valence-electron chi connectivity index (χ4n) is 3.62. The van der Waals surface area contributed by atoms with E-state index in [0.717, 1.165) is 45.0 Å². The first-order chi connectivity index (χ1) is 12.5. The number of nitrogens with zero attached hydrogens (tertiary/aromatic N) is 3. The van der Waals surface area contributed by atoms with Crippen molar-refractivity contribution in [2.24, 2.45) is 22.6 Å². The molecule has 1 aromatic rings. The lowest BCUT2D eigenvalue weighted by Gasteiger charge is -2.35. The number of hydrogen-bond acceptors (Lipinski definition) is 3. The van der Waals surface area contributed by atoms with Crippen LogP contribution in [0.4, 0.5) is 0 Å². The third-order valence-corrected chi connectivity index (χ3v) is 5.00. The van der Waals surface area contributed by atoms with Gasteiger partial charge >= 0.3 is 0 Å². The number of carbonyl (C=O) groups is 1. The van der Waals surface area contributed by atoms with Crippen molar-refractivity contribution in [1.29, 1.82) is 0 Å². The molecule has 2 unspecified atom stereocenters. The number of aromatic nitrogens is 1. The first-order valence-electron chi connectivity index (χ1n) is 9.72. The number of amides is 1. The molecule has 1 amide bonds. The van der Waals surface area contributed by atoms with Gasteiger partial charge in [-0.15, -0.1) is 24.0 Å². The fraction of sp³-hybridized carbons (Fsp3) is 0.650. The number of nitrogens with two attached hydrogens (primary N) is 1. The van der Waals surface area contributed by atoms with Crippen LogP contribution in [0.3, 0.4) is 0 Å². The van der Waals surface area contributed by atoms with Gasteiger partial charge in [0.1, 0.15) is 0 Å². The zero-order valence-corrected chi connectivity index (χ0v) is 19.1. The maximum Gasteiger partial charge on any atom is 0.217 e. The quantitative estimate of drug-likeness (QED) is 0.352. The maximum atomic E-state index is 11.3. The lowest BCUT2D eigenvalue weighted by molar-refractivity contribution is -0.119. The number of guanidine groups is 1. The number of hydrogen-bond donors (Lipinski definition) is 2. The van der Waals surface area contributed by atoms with E-state index in [-0.39, 0.29) is 29.9 Å². The van der Waals surface area contributed by atoms with Crippen molar-refractivity contribution in [3.8, 4) is 0 Å². The SMILES string of the molecule is CCNC(=NCC(c1cccnc1)C(C)C)N1CCCC(CC(N)=O)C1.I. The number of halogens is 1. The molecule has 2 rings (SSSR count). The maximum absolute atomic E-state index is 11.3. The lowest BCUT2D eigenvalue weighted by Crippen LogP contribution is -2.47. The summed E-state index contributed by atoms with van der Waals surface area (Å²) in [4.78, 5) is 22.7. The molecule has 1 fully saturated rings. The normalized spacial score (nSPS) is 18.7. The number of aliphatic imine (C=N–C) groups is 1. The minimum absolute atomic E-state index is 0. The van der Waals surface area contributed by atoms with Crippen LogP contribution in [0.15, 0.2) is 29.5 Å². The lowest BCUT2D eigenvalue weighted by atomic mass is 9.89. The van der Waals surface area contributed by atoms with Gasteiger partial charge in [0.15, 0.2) is 5.96 Å². The molecule has 1 aromatic heterocycles. The summed E-state index contributed by atoms with van der Waals surface area (Å²) < 4.78 is 0. The molecule has 0 aliphatic carbocycles.